The highest BCUT2D eigenvalue weighted by Crippen LogP contribution is 2.26. The standard InChI is InChI=1S/C20H33N3O10/c21-23-22-7-3-1-2-4-17(25)12-20(13-30-8-5-18(26)27,14-31-9-6-19(28)29)15-32-10-11-33-16-24/h16H,1-15H2,(H,26,27)(H,28,29). The number of azide groups is 1. The van der Waals surface area contributed by atoms with Crippen LogP contribution in [0.1, 0.15) is 44.9 Å². The number of carboxylic acid groups (broad SMARTS) is 2. The van der Waals surface area contributed by atoms with Crippen molar-refractivity contribution >= 4 is 24.2 Å². The predicted molar refractivity (Wildman–Crippen MR) is 114 cm³/mol. The van der Waals surface area contributed by atoms with Crippen molar-refractivity contribution in [1.82, 2.24) is 0 Å². The molecule has 0 saturated carbocycles. The van der Waals surface area contributed by atoms with Gasteiger partial charge in [0.15, 0.2) is 0 Å². The summed E-state index contributed by atoms with van der Waals surface area (Å²) in [6, 6.07) is 0. The summed E-state index contributed by atoms with van der Waals surface area (Å²) in [5, 5.41) is 21.0. The number of ketones is 1. The number of carbonyl (C=O) groups is 4. The quantitative estimate of drug-likeness (QED) is 0.0684. The van der Waals surface area contributed by atoms with E-state index in [2.05, 4.69) is 14.8 Å². The lowest BCUT2D eigenvalue weighted by Crippen LogP contribution is -2.40. The second kappa shape index (κ2) is 19.9. The van der Waals surface area contributed by atoms with E-state index in [-0.39, 0.29) is 84.2 Å². The molecule has 0 spiro atoms. The van der Waals surface area contributed by atoms with E-state index in [1.165, 1.54) is 0 Å². The van der Waals surface area contributed by atoms with Crippen LogP contribution in [-0.4, -0.2) is 87.2 Å². The lowest BCUT2D eigenvalue weighted by atomic mass is 9.84. The highest BCUT2D eigenvalue weighted by molar-refractivity contribution is 5.79. The number of aliphatic carboxylic acids is 2. The molecule has 0 aliphatic heterocycles. The molecule has 0 aromatic rings. The third kappa shape index (κ3) is 18.5. The molecule has 0 radical (unpaired) electrons. The number of nitrogens with zero attached hydrogens (tertiary/aromatic N) is 3. The minimum absolute atomic E-state index is 0.00200. The van der Waals surface area contributed by atoms with Crippen molar-refractivity contribution < 1.29 is 48.3 Å². The Morgan fingerprint density at radius 1 is 0.848 bits per heavy atom. The van der Waals surface area contributed by atoms with E-state index in [0.29, 0.717) is 25.8 Å². The molecular formula is C20H33N3O10. The largest absolute Gasteiger partial charge is 0.481 e. The van der Waals surface area contributed by atoms with Crippen molar-refractivity contribution in [1.29, 1.82) is 0 Å². The Kier molecular flexibility index (Phi) is 18.3. The molecule has 0 saturated heterocycles. The minimum atomic E-state index is -1.03. The summed E-state index contributed by atoms with van der Waals surface area (Å²) in [6.45, 7) is 0.498. The number of Topliss-reactive ketones (excluding diaryl/α,β-unsaturated/α-hetero) is 1. The van der Waals surface area contributed by atoms with Crippen molar-refractivity contribution in [2.45, 2.75) is 44.9 Å². The first-order valence-electron chi connectivity index (χ1n) is 10.6. The number of unbranched alkanes of at least 4 members (excludes halogenated alkanes) is 2. The van der Waals surface area contributed by atoms with Gasteiger partial charge >= 0.3 is 11.9 Å². The van der Waals surface area contributed by atoms with E-state index >= 15 is 0 Å². The third-order valence-corrected chi connectivity index (χ3v) is 4.41. The Balaban J connectivity index is 5.06. The molecule has 0 amide bonds. The van der Waals surface area contributed by atoms with Gasteiger partial charge in [-0.2, -0.15) is 0 Å². The average molecular weight is 475 g/mol. The maximum absolute atomic E-state index is 12.7. The summed E-state index contributed by atoms with van der Waals surface area (Å²) < 4.78 is 21.1. The molecule has 0 atom stereocenters. The number of hydrogen-bond donors (Lipinski definition) is 2. The van der Waals surface area contributed by atoms with Gasteiger partial charge in [0, 0.05) is 29.7 Å². The molecule has 33 heavy (non-hydrogen) atoms. The van der Waals surface area contributed by atoms with Gasteiger partial charge in [-0.25, -0.2) is 0 Å². The van der Waals surface area contributed by atoms with E-state index in [0.717, 1.165) is 0 Å². The maximum atomic E-state index is 12.7. The van der Waals surface area contributed by atoms with Crippen LogP contribution in [0.15, 0.2) is 5.11 Å². The molecule has 13 nitrogen and oxygen atoms in total. The van der Waals surface area contributed by atoms with E-state index in [1.807, 2.05) is 0 Å². The zero-order valence-electron chi connectivity index (χ0n) is 18.7. The van der Waals surface area contributed by atoms with Gasteiger partial charge in [-0.15, -0.1) is 0 Å². The van der Waals surface area contributed by atoms with Gasteiger partial charge in [-0.1, -0.05) is 11.5 Å². The number of ether oxygens (including phenoxy) is 4. The normalized spacial score (nSPS) is 10.9. The first kappa shape index (κ1) is 30.3. The Morgan fingerprint density at radius 2 is 1.42 bits per heavy atom. The Bertz CT molecular complexity index is 616. The molecule has 2 N–H and O–H groups in total. The highest BCUT2D eigenvalue weighted by Gasteiger charge is 2.34. The van der Waals surface area contributed by atoms with Gasteiger partial charge in [0.1, 0.15) is 12.4 Å². The van der Waals surface area contributed by atoms with Crippen molar-refractivity contribution in [3.05, 3.63) is 10.4 Å². The van der Waals surface area contributed by atoms with Crippen LogP contribution in [0.2, 0.25) is 0 Å². The third-order valence-electron chi connectivity index (χ3n) is 4.41. The SMILES string of the molecule is [N-]=[N+]=NCCCCCC(=O)CC(COCCOC=O)(COCCC(=O)O)COCCC(=O)O. The van der Waals surface area contributed by atoms with Gasteiger partial charge in [0.05, 0.1) is 52.5 Å². The molecule has 0 rings (SSSR count). The van der Waals surface area contributed by atoms with Crippen LogP contribution < -0.4 is 0 Å². The molecule has 13 heteroatoms. The summed E-state index contributed by atoms with van der Waals surface area (Å²) in [4.78, 5) is 47.1. The van der Waals surface area contributed by atoms with Crippen LogP contribution >= 0.6 is 0 Å². The summed E-state index contributed by atoms with van der Waals surface area (Å²) in [5.74, 6) is -2.15. The second-order valence-electron chi connectivity index (χ2n) is 7.39. The molecule has 0 heterocycles. The van der Waals surface area contributed by atoms with Crippen LogP contribution in [-0.2, 0) is 38.1 Å². The lowest BCUT2D eigenvalue weighted by Gasteiger charge is -2.32. The van der Waals surface area contributed by atoms with Crippen molar-refractivity contribution in [3.63, 3.8) is 0 Å². The summed E-state index contributed by atoms with van der Waals surface area (Å²) in [5.41, 5.74) is 7.30. The van der Waals surface area contributed by atoms with Gasteiger partial charge in [0.25, 0.3) is 6.47 Å². The molecular weight excluding hydrogens is 442 g/mol. The summed E-state index contributed by atoms with van der Waals surface area (Å²) in [7, 11) is 0. The van der Waals surface area contributed by atoms with E-state index in [4.69, 9.17) is 30.0 Å². The Morgan fingerprint density at radius 3 is 1.94 bits per heavy atom. The topological polar surface area (TPSA) is 194 Å². The molecule has 188 valence electrons. The fourth-order valence-corrected chi connectivity index (χ4v) is 2.85. The van der Waals surface area contributed by atoms with Crippen molar-refractivity contribution in [2.24, 2.45) is 10.5 Å². The second-order valence-corrected chi connectivity index (χ2v) is 7.39. The molecule has 0 fully saturated rings. The number of hydrogen-bond acceptors (Lipinski definition) is 9. The molecule has 0 unspecified atom stereocenters. The first-order valence-corrected chi connectivity index (χ1v) is 10.6. The van der Waals surface area contributed by atoms with Gasteiger partial charge < -0.3 is 29.2 Å². The molecule has 0 aromatic carbocycles. The lowest BCUT2D eigenvalue weighted by molar-refractivity contribution is -0.142. The van der Waals surface area contributed by atoms with E-state index in [1.54, 1.807) is 0 Å². The Labute approximate surface area is 191 Å². The summed E-state index contributed by atoms with van der Waals surface area (Å²) in [6.07, 6.45) is 1.82. The van der Waals surface area contributed by atoms with Crippen LogP contribution in [0.25, 0.3) is 10.4 Å². The van der Waals surface area contributed by atoms with Crippen LogP contribution in [0.5, 0.6) is 0 Å². The molecule has 0 aliphatic carbocycles. The summed E-state index contributed by atoms with van der Waals surface area (Å²) >= 11 is 0. The smallest absolute Gasteiger partial charge is 0.305 e. The fourth-order valence-electron chi connectivity index (χ4n) is 2.85. The molecule has 0 aliphatic rings. The first-order chi connectivity index (χ1) is 15.8. The molecule has 0 bridgehead atoms. The van der Waals surface area contributed by atoms with Gasteiger partial charge in [0.2, 0.25) is 0 Å². The van der Waals surface area contributed by atoms with Crippen LogP contribution in [0.4, 0.5) is 0 Å². The maximum Gasteiger partial charge on any atom is 0.305 e. The minimum Gasteiger partial charge on any atom is -0.481 e. The monoisotopic (exact) mass is 475 g/mol. The van der Waals surface area contributed by atoms with E-state index < -0.39 is 17.4 Å². The number of carbonyl (C=O) groups excluding carboxylic acids is 2. The van der Waals surface area contributed by atoms with Gasteiger partial charge in [-0.3, -0.25) is 19.2 Å². The highest BCUT2D eigenvalue weighted by atomic mass is 16.5. The van der Waals surface area contributed by atoms with Crippen molar-refractivity contribution in [2.75, 3.05) is 52.8 Å². The van der Waals surface area contributed by atoms with Crippen molar-refractivity contribution in [3.8, 4) is 0 Å². The van der Waals surface area contributed by atoms with Crippen LogP contribution in [0, 0.1) is 5.41 Å². The van der Waals surface area contributed by atoms with Gasteiger partial charge in [-0.05, 0) is 18.4 Å². The zero-order chi connectivity index (χ0) is 24.8. The number of carboxylic acids is 2. The zero-order valence-corrected chi connectivity index (χ0v) is 18.7. The molecule has 0 aromatic heterocycles. The average Bonchev–Trinajstić information content (AvgIpc) is 2.76. The van der Waals surface area contributed by atoms with Crippen LogP contribution in [0.3, 0.4) is 0 Å². The predicted octanol–water partition coefficient (Wildman–Crippen LogP) is 1.97. The Hall–Kier alpha value is -2.73. The fraction of sp³-hybridized carbons (Fsp3) is 0.800. The number of rotatable bonds is 24. The van der Waals surface area contributed by atoms with E-state index in [9.17, 15) is 19.2 Å².